The SMILES string of the molecule is Cc1ccc(CCC(=O)N2C[C@H]3C[C@@H](N(C)C)[C@H](O)C[C@H]3C2)cc1. The van der Waals surface area contributed by atoms with Crippen LogP contribution in [0.15, 0.2) is 24.3 Å². The highest BCUT2D eigenvalue weighted by atomic mass is 16.3. The Balaban J connectivity index is 1.53. The molecule has 0 bridgehead atoms. The molecule has 1 aromatic rings. The topological polar surface area (TPSA) is 43.8 Å². The van der Waals surface area contributed by atoms with Crippen LogP contribution < -0.4 is 0 Å². The Morgan fingerprint density at radius 3 is 2.42 bits per heavy atom. The zero-order valence-electron chi connectivity index (χ0n) is 15.1. The van der Waals surface area contributed by atoms with Gasteiger partial charge < -0.3 is 14.9 Å². The Kier molecular flexibility index (Phi) is 5.26. The van der Waals surface area contributed by atoms with Crippen molar-refractivity contribution in [1.82, 2.24) is 9.80 Å². The van der Waals surface area contributed by atoms with Gasteiger partial charge >= 0.3 is 0 Å². The summed E-state index contributed by atoms with van der Waals surface area (Å²) < 4.78 is 0. The summed E-state index contributed by atoms with van der Waals surface area (Å²) in [6, 6.07) is 8.67. The zero-order chi connectivity index (χ0) is 17.3. The van der Waals surface area contributed by atoms with Crippen molar-refractivity contribution in [2.45, 2.75) is 44.8 Å². The second kappa shape index (κ2) is 7.24. The van der Waals surface area contributed by atoms with Gasteiger partial charge in [0.25, 0.3) is 0 Å². The fraction of sp³-hybridized carbons (Fsp3) is 0.650. The minimum absolute atomic E-state index is 0.230. The molecule has 4 nitrogen and oxygen atoms in total. The molecule has 0 aromatic heterocycles. The molecule has 1 heterocycles. The number of benzene rings is 1. The van der Waals surface area contributed by atoms with Crippen molar-refractivity contribution in [1.29, 1.82) is 0 Å². The van der Waals surface area contributed by atoms with E-state index < -0.39 is 0 Å². The Hall–Kier alpha value is -1.39. The van der Waals surface area contributed by atoms with Crippen molar-refractivity contribution in [3.05, 3.63) is 35.4 Å². The summed E-state index contributed by atoms with van der Waals surface area (Å²) in [4.78, 5) is 16.7. The van der Waals surface area contributed by atoms with Crippen LogP contribution in [0.4, 0.5) is 0 Å². The predicted molar refractivity (Wildman–Crippen MR) is 95.8 cm³/mol. The van der Waals surface area contributed by atoms with E-state index in [4.69, 9.17) is 0 Å². The second-order valence-corrected chi connectivity index (χ2v) is 7.87. The summed E-state index contributed by atoms with van der Waals surface area (Å²) in [5.41, 5.74) is 2.48. The molecule has 132 valence electrons. The fourth-order valence-corrected chi connectivity index (χ4v) is 4.33. The van der Waals surface area contributed by atoms with Crippen LogP contribution in [0.5, 0.6) is 0 Å². The van der Waals surface area contributed by atoms with E-state index in [1.54, 1.807) is 0 Å². The quantitative estimate of drug-likeness (QED) is 0.919. The highest BCUT2D eigenvalue weighted by Crippen LogP contribution is 2.38. The first-order chi connectivity index (χ1) is 11.4. The van der Waals surface area contributed by atoms with Gasteiger partial charge in [0.1, 0.15) is 0 Å². The van der Waals surface area contributed by atoms with E-state index in [2.05, 4.69) is 36.1 Å². The first-order valence-corrected chi connectivity index (χ1v) is 9.12. The van der Waals surface area contributed by atoms with Crippen molar-refractivity contribution >= 4 is 5.91 Å². The van der Waals surface area contributed by atoms with E-state index in [1.165, 1.54) is 11.1 Å². The average Bonchev–Trinajstić information content (AvgIpc) is 2.96. The maximum Gasteiger partial charge on any atom is 0.222 e. The Morgan fingerprint density at radius 2 is 1.79 bits per heavy atom. The third kappa shape index (κ3) is 3.81. The van der Waals surface area contributed by atoms with E-state index >= 15 is 0 Å². The standard InChI is InChI=1S/C20H30N2O2/c1-14-4-6-15(7-5-14)8-9-20(24)22-12-16-10-18(21(2)3)19(23)11-17(16)13-22/h4-7,16-19,23H,8-13H2,1-3H3/t16-,17+,18-,19-/m1/s1. The first-order valence-electron chi connectivity index (χ1n) is 9.12. The lowest BCUT2D eigenvalue weighted by Gasteiger charge is -2.38. The number of aliphatic hydroxyl groups excluding tert-OH is 1. The van der Waals surface area contributed by atoms with Gasteiger partial charge in [0, 0.05) is 25.6 Å². The maximum atomic E-state index is 12.6. The molecule has 2 fully saturated rings. The summed E-state index contributed by atoms with van der Waals surface area (Å²) in [6.07, 6.45) is 2.97. The van der Waals surface area contributed by atoms with Crippen molar-refractivity contribution in [2.24, 2.45) is 11.8 Å². The van der Waals surface area contributed by atoms with Gasteiger partial charge in [0.2, 0.25) is 5.91 Å². The molecule has 0 spiro atoms. The Bertz CT molecular complexity index is 570. The minimum atomic E-state index is -0.260. The number of aryl methyl sites for hydroxylation is 2. The molecule has 1 aromatic carbocycles. The number of amides is 1. The number of fused-ring (bicyclic) bond motifs is 1. The summed E-state index contributed by atoms with van der Waals surface area (Å²) in [5, 5.41) is 10.3. The molecule has 4 heteroatoms. The number of hydrogen-bond donors (Lipinski definition) is 1. The number of aliphatic hydroxyl groups is 1. The molecule has 24 heavy (non-hydrogen) atoms. The third-order valence-electron chi connectivity index (χ3n) is 5.87. The molecule has 1 N–H and O–H groups in total. The maximum absolute atomic E-state index is 12.6. The van der Waals surface area contributed by atoms with E-state index in [9.17, 15) is 9.90 Å². The molecule has 2 aliphatic rings. The second-order valence-electron chi connectivity index (χ2n) is 7.87. The summed E-state index contributed by atoms with van der Waals surface area (Å²) in [7, 11) is 4.07. The van der Waals surface area contributed by atoms with Crippen LogP contribution in [0.2, 0.25) is 0 Å². The lowest BCUT2D eigenvalue weighted by Crippen LogP contribution is -2.46. The van der Waals surface area contributed by atoms with E-state index in [0.29, 0.717) is 18.3 Å². The normalized spacial score (nSPS) is 29.8. The molecule has 1 aliphatic carbocycles. The first kappa shape index (κ1) is 17.4. The van der Waals surface area contributed by atoms with E-state index in [0.717, 1.165) is 32.4 Å². The van der Waals surface area contributed by atoms with E-state index in [1.807, 2.05) is 19.0 Å². The van der Waals surface area contributed by atoms with Crippen molar-refractivity contribution in [3.63, 3.8) is 0 Å². The van der Waals surface area contributed by atoms with Gasteiger partial charge in [-0.3, -0.25) is 4.79 Å². The van der Waals surface area contributed by atoms with Gasteiger partial charge in [0.05, 0.1) is 6.10 Å². The summed E-state index contributed by atoms with van der Waals surface area (Å²) >= 11 is 0. The third-order valence-corrected chi connectivity index (χ3v) is 5.87. The number of likely N-dealkylation sites (tertiary alicyclic amines) is 1. The van der Waals surface area contributed by atoms with Crippen LogP contribution in [0.3, 0.4) is 0 Å². The smallest absolute Gasteiger partial charge is 0.222 e. The van der Waals surface area contributed by atoms with Gasteiger partial charge in [-0.2, -0.15) is 0 Å². The molecule has 4 atom stereocenters. The van der Waals surface area contributed by atoms with E-state index in [-0.39, 0.29) is 18.1 Å². The van der Waals surface area contributed by atoms with Crippen LogP contribution in [0, 0.1) is 18.8 Å². The van der Waals surface area contributed by atoms with Gasteiger partial charge in [0.15, 0.2) is 0 Å². The van der Waals surface area contributed by atoms with Gasteiger partial charge in [-0.15, -0.1) is 0 Å². The lowest BCUT2D eigenvalue weighted by molar-refractivity contribution is -0.130. The number of hydrogen-bond acceptors (Lipinski definition) is 3. The predicted octanol–water partition coefficient (Wildman–Crippen LogP) is 2.09. The number of nitrogens with zero attached hydrogens (tertiary/aromatic N) is 2. The minimum Gasteiger partial charge on any atom is -0.391 e. The molecule has 0 unspecified atom stereocenters. The average molecular weight is 330 g/mol. The van der Waals surface area contributed by atoms with Crippen LogP contribution in [-0.4, -0.2) is 60.1 Å². The largest absolute Gasteiger partial charge is 0.391 e. The number of carbonyl (C=O) groups excluding carboxylic acids is 1. The van der Waals surface area contributed by atoms with Crippen LogP contribution in [0.1, 0.15) is 30.4 Å². The fourth-order valence-electron chi connectivity index (χ4n) is 4.33. The molecule has 1 aliphatic heterocycles. The molecular weight excluding hydrogens is 300 g/mol. The van der Waals surface area contributed by atoms with Crippen molar-refractivity contribution in [2.75, 3.05) is 27.2 Å². The zero-order valence-corrected chi connectivity index (χ0v) is 15.1. The van der Waals surface area contributed by atoms with Crippen LogP contribution >= 0.6 is 0 Å². The molecular formula is C20H30N2O2. The number of carbonyl (C=O) groups is 1. The molecule has 1 saturated carbocycles. The highest BCUT2D eigenvalue weighted by Gasteiger charge is 2.43. The van der Waals surface area contributed by atoms with Gasteiger partial charge in [-0.05, 0) is 57.7 Å². The monoisotopic (exact) mass is 330 g/mol. The molecule has 3 rings (SSSR count). The number of likely N-dealkylation sites (N-methyl/N-ethyl adjacent to an activating group) is 1. The summed E-state index contributed by atoms with van der Waals surface area (Å²) in [5.74, 6) is 1.28. The summed E-state index contributed by atoms with van der Waals surface area (Å²) in [6.45, 7) is 3.78. The van der Waals surface area contributed by atoms with Crippen LogP contribution in [0.25, 0.3) is 0 Å². The van der Waals surface area contributed by atoms with Gasteiger partial charge in [-0.1, -0.05) is 29.8 Å². The molecule has 1 amide bonds. The lowest BCUT2D eigenvalue weighted by atomic mass is 9.77. The van der Waals surface area contributed by atoms with Gasteiger partial charge in [-0.25, -0.2) is 0 Å². The Morgan fingerprint density at radius 1 is 1.17 bits per heavy atom. The number of rotatable bonds is 4. The van der Waals surface area contributed by atoms with Crippen molar-refractivity contribution < 1.29 is 9.90 Å². The highest BCUT2D eigenvalue weighted by molar-refractivity contribution is 5.76. The molecule has 0 radical (unpaired) electrons. The Labute approximate surface area is 145 Å². The molecule has 1 saturated heterocycles. The van der Waals surface area contributed by atoms with Crippen molar-refractivity contribution in [3.8, 4) is 0 Å². The van der Waals surface area contributed by atoms with Crippen LogP contribution in [-0.2, 0) is 11.2 Å².